The van der Waals surface area contributed by atoms with E-state index in [1.54, 1.807) is 7.11 Å². The summed E-state index contributed by atoms with van der Waals surface area (Å²) in [5, 5.41) is 0. The van der Waals surface area contributed by atoms with Gasteiger partial charge in [0.25, 0.3) is 5.91 Å². The Labute approximate surface area is 145 Å². The van der Waals surface area contributed by atoms with Crippen molar-refractivity contribution < 1.29 is 9.53 Å². The molecule has 5 heteroatoms. The zero-order valence-corrected chi connectivity index (χ0v) is 15.6. The highest BCUT2D eigenvalue weighted by molar-refractivity contribution is 5.87. The van der Waals surface area contributed by atoms with Crippen molar-refractivity contribution in [2.45, 2.75) is 70.9 Å². The zero-order valence-electron chi connectivity index (χ0n) is 15.6. The SMILES string of the molecule is CCCCC(C(=O)NN)N1c2c(OC)cccc2C(C)CC1(C)C. The molecule has 2 rings (SSSR count). The highest BCUT2D eigenvalue weighted by Gasteiger charge is 2.43. The molecule has 0 fully saturated rings. The van der Waals surface area contributed by atoms with Gasteiger partial charge in [-0.25, -0.2) is 5.84 Å². The number of benzene rings is 1. The van der Waals surface area contributed by atoms with Gasteiger partial charge < -0.3 is 9.64 Å². The van der Waals surface area contributed by atoms with Crippen LogP contribution >= 0.6 is 0 Å². The Hall–Kier alpha value is -1.75. The number of fused-ring (bicyclic) bond motifs is 1. The number of nitrogens with one attached hydrogen (secondary N) is 1. The minimum atomic E-state index is -0.299. The largest absolute Gasteiger partial charge is 0.495 e. The number of para-hydroxylation sites is 1. The number of ether oxygens (including phenoxy) is 1. The predicted molar refractivity (Wildman–Crippen MR) is 98.2 cm³/mol. The third-order valence-corrected chi connectivity index (χ3v) is 5.07. The van der Waals surface area contributed by atoms with Crippen LogP contribution in [0.15, 0.2) is 18.2 Å². The lowest BCUT2D eigenvalue weighted by atomic mass is 9.78. The fraction of sp³-hybridized carbons (Fsp3) is 0.632. The summed E-state index contributed by atoms with van der Waals surface area (Å²) in [7, 11) is 1.68. The molecule has 0 aromatic heterocycles. The normalized spacial score (nSPS) is 20.2. The third kappa shape index (κ3) is 3.36. The quantitative estimate of drug-likeness (QED) is 0.476. The second-order valence-corrected chi connectivity index (χ2v) is 7.35. The van der Waals surface area contributed by atoms with Crippen molar-refractivity contribution in [1.82, 2.24) is 5.43 Å². The number of carbonyl (C=O) groups excluding carboxylic acids is 1. The molecule has 2 unspecified atom stereocenters. The lowest BCUT2D eigenvalue weighted by Crippen LogP contribution is -2.59. The maximum absolute atomic E-state index is 12.6. The van der Waals surface area contributed by atoms with Crippen LogP contribution < -0.4 is 20.9 Å². The van der Waals surface area contributed by atoms with E-state index in [1.807, 2.05) is 12.1 Å². The zero-order chi connectivity index (χ0) is 17.9. The first-order valence-corrected chi connectivity index (χ1v) is 8.84. The molecule has 5 nitrogen and oxygen atoms in total. The summed E-state index contributed by atoms with van der Waals surface area (Å²) in [6.45, 7) is 8.76. The molecule has 0 saturated carbocycles. The summed E-state index contributed by atoms with van der Waals surface area (Å²) in [4.78, 5) is 14.8. The van der Waals surface area contributed by atoms with Gasteiger partial charge in [0.15, 0.2) is 0 Å². The van der Waals surface area contributed by atoms with Gasteiger partial charge in [0, 0.05) is 5.54 Å². The van der Waals surface area contributed by atoms with Crippen LogP contribution in [0.3, 0.4) is 0 Å². The molecule has 1 aromatic rings. The van der Waals surface area contributed by atoms with Crippen LogP contribution in [0.5, 0.6) is 5.75 Å². The second-order valence-electron chi connectivity index (χ2n) is 7.35. The first-order valence-electron chi connectivity index (χ1n) is 8.84. The minimum absolute atomic E-state index is 0.136. The van der Waals surface area contributed by atoms with E-state index in [2.05, 4.69) is 44.1 Å². The standard InChI is InChI=1S/C19H31N3O2/c1-6-7-10-15(18(23)21-20)22-17-14(9-8-11-16(17)24-5)13(2)12-19(22,3)4/h8-9,11,13,15H,6-7,10,12,20H2,1-5H3,(H,21,23). The van der Waals surface area contributed by atoms with Crippen molar-refractivity contribution in [1.29, 1.82) is 0 Å². The molecule has 1 aromatic carbocycles. The Morgan fingerprint density at radius 1 is 1.50 bits per heavy atom. The Balaban J connectivity index is 2.60. The molecule has 0 spiro atoms. The fourth-order valence-corrected chi connectivity index (χ4v) is 4.07. The molecule has 3 N–H and O–H groups in total. The highest BCUT2D eigenvalue weighted by atomic mass is 16.5. The van der Waals surface area contributed by atoms with Crippen molar-refractivity contribution in [2.24, 2.45) is 5.84 Å². The monoisotopic (exact) mass is 333 g/mol. The number of nitrogens with zero attached hydrogens (tertiary/aromatic N) is 1. The Kier molecular flexibility index (Phi) is 5.75. The molecule has 24 heavy (non-hydrogen) atoms. The third-order valence-electron chi connectivity index (χ3n) is 5.07. The van der Waals surface area contributed by atoms with E-state index in [0.29, 0.717) is 5.92 Å². The molecule has 134 valence electrons. The van der Waals surface area contributed by atoms with Crippen LogP contribution in [0.4, 0.5) is 5.69 Å². The van der Waals surface area contributed by atoms with Crippen LogP contribution in [-0.2, 0) is 4.79 Å². The van der Waals surface area contributed by atoms with Crippen molar-refractivity contribution in [3.05, 3.63) is 23.8 Å². The van der Waals surface area contributed by atoms with E-state index < -0.39 is 0 Å². The van der Waals surface area contributed by atoms with Crippen LogP contribution in [-0.4, -0.2) is 24.6 Å². The summed E-state index contributed by atoms with van der Waals surface area (Å²) in [6, 6.07) is 5.83. The molecule has 0 bridgehead atoms. The number of unbranched alkanes of at least 4 members (excludes halogenated alkanes) is 1. The van der Waals surface area contributed by atoms with Crippen molar-refractivity contribution >= 4 is 11.6 Å². The van der Waals surface area contributed by atoms with E-state index in [-0.39, 0.29) is 17.5 Å². The molecule has 1 amide bonds. The van der Waals surface area contributed by atoms with E-state index >= 15 is 0 Å². The van der Waals surface area contributed by atoms with E-state index in [9.17, 15) is 4.79 Å². The van der Waals surface area contributed by atoms with Gasteiger partial charge in [-0.3, -0.25) is 10.2 Å². The second kappa shape index (κ2) is 7.43. The van der Waals surface area contributed by atoms with Gasteiger partial charge >= 0.3 is 0 Å². The molecular weight excluding hydrogens is 302 g/mol. The predicted octanol–water partition coefficient (Wildman–Crippen LogP) is 3.34. The average molecular weight is 333 g/mol. The molecule has 0 aliphatic carbocycles. The van der Waals surface area contributed by atoms with Crippen molar-refractivity contribution in [2.75, 3.05) is 12.0 Å². The van der Waals surface area contributed by atoms with Gasteiger partial charge in [-0.05, 0) is 44.2 Å². The van der Waals surface area contributed by atoms with Gasteiger partial charge in [0.05, 0.1) is 12.8 Å². The first-order chi connectivity index (χ1) is 11.4. The minimum Gasteiger partial charge on any atom is -0.495 e. The Morgan fingerprint density at radius 3 is 2.79 bits per heavy atom. The highest BCUT2D eigenvalue weighted by Crippen LogP contribution is 2.49. The van der Waals surface area contributed by atoms with Crippen LogP contribution in [0.25, 0.3) is 0 Å². The average Bonchev–Trinajstić information content (AvgIpc) is 2.55. The van der Waals surface area contributed by atoms with Crippen LogP contribution in [0.2, 0.25) is 0 Å². The Bertz CT molecular complexity index is 586. The van der Waals surface area contributed by atoms with E-state index in [4.69, 9.17) is 10.6 Å². The van der Waals surface area contributed by atoms with Gasteiger partial charge in [0.2, 0.25) is 0 Å². The number of carbonyl (C=O) groups is 1. The first kappa shape index (κ1) is 18.6. The van der Waals surface area contributed by atoms with Crippen molar-refractivity contribution in [3.8, 4) is 5.75 Å². The van der Waals surface area contributed by atoms with Crippen molar-refractivity contribution in [3.63, 3.8) is 0 Å². The smallest absolute Gasteiger partial charge is 0.256 e. The molecule has 0 saturated heterocycles. The number of hydrogen-bond donors (Lipinski definition) is 2. The summed E-state index contributed by atoms with van der Waals surface area (Å²) in [5.74, 6) is 6.59. The molecule has 1 aliphatic heterocycles. The van der Waals surface area contributed by atoms with Gasteiger partial charge in [0.1, 0.15) is 11.8 Å². The summed E-state index contributed by atoms with van der Waals surface area (Å²) in [6.07, 6.45) is 3.77. The molecule has 1 aliphatic rings. The van der Waals surface area contributed by atoms with Gasteiger partial charge in [-0.2, -0.15) is 0 Å². The number of hydrogen-bond acceptors (Lipinski definition) is 4. The lowest BCUT2D eigenvalue weighted by molar-refractivity contribution is -0.123. The number of anilines is 1. The summed E-state index contributed by atoms with van der Waals surface area (Å²) < 4.78 is 5.65. The molecule has 2 atom stereocenters. The number of nitrogens with two attached hydrogens (primary N) is 1. The van der Waals surface area contributed by atoms with Crippen LogP contribution in [0.1, 0.15) is 64.9 Å². The van der Waals surface area contributed by atoms with Gasteiger partial charge in [-0.1, -0.05) is 38.8 Å². The van der Waals surface area contributed by atoms with Gasteiger partial charge in [-0.15, -0.1) is 0 Å². The Morgan fingerprint density at radius 2 is 2.21 bits per heavy atom. The topological polar surface area (TPSA) is 67.6 Å². The number of rotatable bonds is 6. The maximum Gasteiger partial charge on any atom is 0.256 e. The molecular formula is C19H31N3O2. The lowest BCUT2D eigenvalue weighted by Gasteiger charge is -2.51. The number of amides is 1. The van der Waals surface area contributed by atoms with Crippen LogP contribution in [0, 0.1) is 0 Å². The fourth-order valence-electron chi connectivity index (χ4n) is 4.07. The summed E-state index contributed by atoms with van der Waals surface area (Å²) >= 11 is 0. The maximum atomic E-state index is 12.6. The van der Waals surface area contributed by atoms with E-state index in [1.165, 1.54) is 5.56 Å². The molecule has 1 heterocycles. The number of hydrazine groups is 1. The van der Waals surface area contributed by atoms with E-state index in [0.717, 1.165) is 37.1 Å². The number of methoxy groups -OCH3 is 1. The molecule has 0 radical (unpaired) electrons. The summed E-state index contributed by atoms with van der Waals surface area (Å²) in [5.41, 5.74) is 4.48.